The van der Waals surface area contributed by atoms with Gasteiger partial charge < -0.3 is 9.84 Å². The number of ether oxygens (including phenoxy) is 1. The number of carboxylic acid groups (broad SMARTS) is 1. The first-order valence-electron chi connectivity index (χ1n) is 6.45. The number of aliphatic carboxylic acids is 1. The Hall–Kier alpha value is -1.51. The second-order valence-electron chi connectivity index (χ2n) is 5.05. The smallest absolute Gasteiger partial charge is 0.347 e. The second-order valence-corrected chi connectivity index (χ2v) is 5.05. The number of carboxylic acids is 1. The van der Waals surface area contributed by atoms with Gasteiger partial charge in [0.05, 0.1) is 0 Å². The van der Waals surface area contributed by atoms with Gasteiger partial charge >= 0.3 is 5.97 Å². The maximum Gasteiger partial charge on any atom is 0.347 e. The Bertz CT molecular complexity index is 375. The number of hydrogen-bond acceptors (Lipinski definition) is 2. The van der Waals surface area contributed by atoms with E-state index in [0.717, 1.165) is 12.8 Å². The fraction of sp³-hybridized carbons (Fsp3) is 0.533. The van der Waals surface area contributed by atoms with Crippen LogP contribution in [0.4, 0.5) is 0 Å². The third-order valence-electron chi connectivity index (χ3n) is 3.06. The number of carbonyl (C=O) groups is 1. The van der Waals surface area contributed by atoms with E-state index < -0.39 is 11.6 Å². The van der Waals surface area contributed by atoms with Crippen LogP contribution < -0.4 is 4.74 Å². The fourth-order valence-electron chi connectivity index (χ4n) is 2.18. The number of rotatable bonds is 7. The number of para-hydroxylation sites is 1. The highest BCUT2D eigenvalue weighted by molar-refractivity contribution is 5.77. The molecule has 2 atom stereocenters. The van der Waals surface area contributed by atoms with Crippen molar-refractivity contribution >= 4 is 5.97 Å². The van der Waals surface area contributed by atoms with Crippen LogP contribution in [0, 0.1) is 5.92 Å². The van der Waals surface area contributed by atoms with E-state index in [2.05, 4.69) is 13.8 Å². The largest absolute Gasteiger partial charge is 0.478 e. The molecule has 1 aromatic carbocycles. The lowest BCUT2D eigenvalue weighted by molar-refractivity contribution is -0.155. The maximum absolute atomic E-state index is 11.4. The van der Waals surface area contributed by atoms with Gasteiger partial charge in [-0.3, -0.25) is 0 Å². The summed E-state index contributed by atoms with van der Waals surface area (Å²) in [4.78, 5) is 11.4. The Morgan fingerprint density at radius 3 is 2.50 bits per heavy atom. The molecule has 0 spiro atoms. The van der Waals surface area contributed by atoms with E-state index in [0.29, 0.717) is 18.1 Å². The number of hydrogen-bond donors (Lipinski definition) is 1. The summed E-state index contributed by atoms with van der Waals surface area (Å²) in [6.07, 6.45) is 2.59. The van der Waals surface area contributed by atoms with Crippen molar-refractivity contribution in [3.63, 3.8) is 0 Å². The van der Waals surface area contributed by atoms with Gasteiger partial charge in [0.15, 0.2) is 0 Å². The molecule has 1 N–H and O–H groups in total. The zero-order valence-corrected chi connectivity index (χ0v) is 11.3. The Balaban J connectivity index is 2.77. The highest BCUT2D eigenvalue weighted by Crippen LogP contribution is 2.26. The van der Waals surface area contributed by atoms with Crippen LogP contribution >= 0.6 is 0 Å². The summed E-state index contributed by atoms with van der Waals surface area (Å²) in [5, 5.41) is 9.39. The van der Waals surface area contributed by atoms with Crippen molar-refractivity contribution in [2.24, 2.45) is 5.92 Å². The van der Waals surface area contributed by atoms with Gasteiger partial charge in [-0.2, -0.15) is 0 Å². The summed E-state index contributed by atoms with van der Waals surface area (Å²) in [6, 6.07) is 9.13. The van der Waals surface area contributed by atoms with Crippen LogP contribution in [0.25, 0.3) is 0 Å². The lowest BCUT2D eigenvalue weighted by atomic mass is 9.90. The molecule has 0 radical (unpaired) electrons. The lowest BCUT2D eigenvalue weighted by Crippen LogP contribution is -2.43. The van der Waals surface area contributed by atoms with Crippen LogP contribution in [0.1, 0.15) is 40.0 Å². The highest BCUT2D eigenvalue weighted by atomic mass is 16.5. The maximum atomic E-state index is 11.4. The van der Waals surface area contributed by atoms with Crippen molar-refractivity contribution in [2.75, 3.05) is 0 Å². The first kappa shape index (κ1) is 14.6. The van der Waals surface area contributed by atoms with E-state index in [1.165, 1.54) is 0 Å². The van der Waals surface area contributed by atoms with Crippen molar-refractivity contribution in [3.05, 3.63) is 30.3 Å². The van der Waals surface area contributed by atoms with Crippen molar-refractivity contribution in [3.8, 4) is 5.75 Å². The molecule has 0 fully saturated rings. The van der Waals surface area contributed by atoms with E-state index in [-0.39, 0.29) is 0 Å². The Morgan fingerprint density at radius 2 is 2.00 bits per heavy atom. The van der Waals surface area contributed by atoms with Gasteiger partial charge in [0, 0.05) is 6.42 Å². The zero-order chi connectivity index (χ0) is 13.6. The molecule has 0 aliphatic heterocycles. The minimum Gasteiger partial charge on any atom is -0.478 e. The second kappa shape index (κ2) is 6.43. The minimum atomic E-state index is -1.16. The van der Waals surface area contributed by atoms with Gasteiger partial charge in [-0.15, -0.1) is 0 Å². The van der Waals surface area contributed by atoms with Crippen LogP contribution in [0.5, 0.6) is 5.75 Å². The van der Waals surface area contributed by atoms with E-state index >= 15 is 0 Å². The number of benzene rings is 1. The quantitative estimate of drug-likeness (QED) is 0.802. The van der Waals surface area contributed by atoms with E-state index in [1.807, 2.05) is 18.2 Å². The van der Waals surface area contributed by atoms with Crippen LogP contribution in [0.2, 0.25) is 0 Å². The molecule has 0 aromatic heterocycles. The Kier molecular flexibility index (Phi) is 5.20. The average Bonchev–Trinajstić information content (AvgIpc) is 2.30. The minimum absolute atomic E-state index is 0.333. The first-order chi connectivity index (χ1) is 8.48. The molecule has 0 amide bonds. The zero-order valence-electron chi connectivity index (χ0n) is 11.3. The standard InChI is InChI=1S/C15H22O3/c1-4-8-12(2)11-15(3,14(16)17)18-13-9-6-5-7-10-13/h5-7,9-10,12H,4,8,11H2,1-3H3,(H,16,17). The molecule has 2 unspecified atom stereocenters. The molecule has 0 saturated heterocycles. The molecule has 0 bridgehead atoms. The molecule has 3 nitrogen and oxygen atoms in total. The van der Waals surface area contributed by atoms with Crippen LogP contribution in [-0.2, 0) is 4.79 Å². The van der Waals surface area contributed by atoms with Gasteiger partial charge in [-0.1, -0.05) is 44.9 Å². The van der Waals surface area contributed by atoms with Gasteiger partial charge in [0.2, 0.25) is 5.60 Å². The predicted molar refractivity (Wildman–Crippen MR) is 71.8 cm³/mol. The molecule has 1 aromatic rings. The monoisotopic (exact) mass is 250 g/mol. The molecular weight excluding hydrogens is 228 g/mol. The van der Waals surface area contributed by atoms with Gasteiger partial charge in [-0.05, 0) is 25.0 Å². The van der Waals surface area contributed by atoms with E-state index in [9.17, 15) is 9.90 Å². The molecule has 1 rings (SSSR count). The molecule has 18 heavy (non-hydrogen) atoms. The van der Waals surface area contributed by atoms with E-state index in [1.54, 1.807) is 19.1 Å². The molecule has 0 saturated carbocycles. The topological polar surface area (TPSA) is 46.5 Å². The highest BCUT2D eigenvalue weighted by Gasteiger charge is 2.36. The van der Waals surface area contributed by atoms with Gasteiger partial charge in [0.25, 0.3) is 0 Å². The summed E-state index contributed by atoms with van der Waals surface area (Å²) in [6.45, 7) is 5.82. The Morgan fingerprint density at radius 1 is 1.39 bits per heavy atom. The van der Waals surface area contributed by atoms with Crippen molar-refractivity contribution in [1.82, 2.24) is 0 Å². The first-order valence-corrected chi connectivity index (χ1v) is 6.45. The lowest BCUT2D eigenvalue weighted by Gasteiger charge is -2.29. The van der Waals surface area contributed by atoms with Gasteiger partial charge in [-0.25, -0.2) is 4.79 Å². The molecule has 100 valence electrons. The summed E-state index contributed by atoms with van der Waals surface area (Å²) in [5.74, 6) is 0.0280. The summed E-state index contributed by atoms with van der Waals surface area (Å²) >= 11 is 0. The van der Waals surface area contributed by atoms with Gasteiger partial charge in [0.1, 0.15) is 5.75 Å². The summed E-state index contributed by atoms with van der Waals surface area (Å²) < 4.78 is 5.68. The van der Waals surface area contributed by atoms with E-state index in [4.69, 9.17) is 4.74 Å². The predicted octanol–water partition coefficient (Wildman–Crippen LogP) is 3.74. The van der Waals surface area contributed by atoms with Crippen molar-refractivity contribution in [1.29, 1.82) is 0 Å². The normalized spacial score (nSPS) is 15.7. The van der Waals surface area contributed by atoms with Crippen LogP contribution in [0.15, 0.2) is 30.3 Å². The van der Waals surface area contributed by atoms with Crippen molar-refractivity contribution in [2.45, 2.75) is 45.6 Å². The molecule has 0 heterocycles. The van der Waals surface area contributed by atoms with Crippen LogP contribution in [0.3, 0.4) is 0 Å². The summed E-state index contributed by atoms with van der Waals surface area (Å²) in [5.41, 5.74) is -1.16. The molecular formula is C15H22O3. The fourth-order valence-corrected chi connectivity index (χ4v) is 2.18. The Labute approximate surface area is 109 Å². The summed E-state index contributed by atoms with van der Waals surface area (Å²) in [7, 11) is 0. The van der Waals surface area contributed by atoms with Crippen molar-refractivity contribution < 1.29 is 14.6 Å². The third kappa shape index (κ3) is 4.06. The molecule has 3 heteroatoms. The average molecular weight is 250 g/mol. The molecule has 0 aliphatic rings. The third-order valence-corrected chi connectivity index (χ3v) is 3.06. The SMILES string of the molecule is CCCC(C)CC(C)(Oc1ccccc1)C(=O)O. The molecule has 0 aliphatic carbocycles. The van der Waals surface area contributed by atoms with Crippen LogP contribution in [-0.4, -0.2) is 16.7 Å².